The number of ether oxygens (including phenoxy) is 1. The zero-order chi connectivity index (χ0) is 20.4. The van der Waals surface area contributed by atoms with Gasteiger partial charge in [0.05, 0.1) is 7.11 Å². The molecule has 154 valence electrons. The van der Waals surface area contributed by atoms with Crippen LogP contribution in [0.2, 0.25) is 0 Å². The van der Waals surface area contributed by atoms with E-state index in [0.717, 1.165) is 29.1 Å². The Morgan fingerprint density at radius 2 is 1.71 bits per heavy atom. The molecule has 0 bridgehead atoms. The van der Waals surface area contributed by atoms with E-state index in [9.17, 15) is 4.39 Å². The highest BCUT2D eigenvalue weighted by Gasteiger charge is 2.24. The van der Waals surface area contributed by atoms with Crippen LogP contribution in [0.1, 0.15) is 70.4 Å². The molecule has 0 heterocycles. The van der Waals surface area contributed by atoms with E-state index in [1.807, 2.05) is 36.0 Å². The van der Waals surface area contributed by atoms with E-state index in [1.165, 1.54) is 43.4 Å². The van der Waals surface area contributed by atoms with Gasteiger partial charge in [0, 0.05) is 10.6 Å². The van der Waals surface area contributed by atoms with Gasteiger partial charge in [-0.1, -0.05) is 58.6 Å². The predicted octanol–water partition coefficient (Wildman–Crippen LogP) is 7.90. The minimum absolute atomic E-state index is 0.165. The molecule has 3 heteroatoms. The van der Waals surface area contributed by atoms with Gasteiger partial charge in [-0.25, -0.2) is 4.39 Å². The zero-order valence-electron chi connectivity index (χ0n) is 17.9. The third kappa shape index (κ3) is 7.16. The third-order valence-electron chi connectivity index (χ3n) is 5.40. The molecule has 2 rings (SSSR count). The number of hydrogen-bond donors (Lipinski definition) is 0. The number of halogens is 1. The highest BCUT2D eigenvalue weighted by Crippen LogP contribution is 2.38. The van der Waals surface area contributed by atoms with Crippen LogP contribution in [0.15, 0.2) is 47.4 Å². The van der Waals surface area contributed by atoms with Gasteiger partial charge >= 0.3 is 0 Å². The van der Waals surface area contributed by atoms with Crippen molar-refractivity contribution in [3.63, 3.8) is 0 Å². The molecule has 0 amide bonds. The molecule has 0 unspecified atom stereocenters. The summed E-state index contributed by atoms with van der Waals surface area (Å²) in [6, 6.07) is 13.3. The molecule has 0 atom stereocenters. The largest absolute Gasteiger partial charge is 0.497 e. The van der Waals surface area contributed by atoms with E-state index >= 15 is 0 Å². The lowest BCUT2D eigenvalue weighted by Crippen LogP contribution is -2.19. The predicted molar refractivity (Wildman–Crippen MR) is 120 cm³/mol. The standard InChI is InChI=1S/C25H35FOS/c1-5-7-14-25(3,15-8-6-2)19-28-24-13-12-22(26)18-21(24)16-20-10-9-11-23(17-20)27-4/h9-13,17-18H,5-8,14-16,19H2,1-4H3. The summed E-state index contributed by atoms with van der Waals surface area (Å²) in [5.74, 6) is 1.76. The van der Waals surface area contributed by atoms with Gasteiger partial charge in [0.15, 0.2) is 0 Å². The highest BCUT2D eigenvalue weighted by atomic mass is 32.2. The maximum absolute atomic E-state index is 14.0. The fourth-order valence-electron chi connectivity index (χ4n) is 3.56. The average Bonchev–Trinajstić information content (AvgIpc) is 2.70. The van der Waals surface area contributed by atoms with Crippen molar-refractivity contribution in [3.8, 4) is 5.75 Å². The topological polar surface area (TPSA) is 9.23 Å². The maximum atomic E-state index is 14.0. The van der Waals surface area contributed by atoms with Gasteiger partial charge in [0.2, 0.25) is 0 Å². The molecule has 2 aromatic rings. The Labute approximate surface area is 175 Å². The van der Waals surface area contributed by atoms with Gasteiger partial charge in [-0.2, -0.15) is 0 Å². The summed E-state index contributed by atoms with van der Waals surface area (Å²) in [4.78, 5) is 1.20. The molecule has 0 aromatic heterocycles. The summed E-state index contributed by atoms with van der Waals surface area (Å²) in [5, 5.41) is 0. The van der Waals surface area contributed by atoms with Gasteiger partial charge in [0.25, 0.3) is 0 Å². The van der Waals surface area contributed by atoms with Gasteiger partial charge < -0.3 is 4.74 Å². The molecule has 0 aliphatic rings. The van der Waals surface area contributed by atoms with Gasteiger partial charge in [-0.05, 0) is 66.1 Å². The van der Waals surface area contributed by atoms with Crippen molar-refractivity contribution < 1.29 is 9.13 Å². The summed E-state index contributed by atoms with van der Waals surface area (Å²) in [7, 11) is 1.68. The van der Waals surface area contributed by atoms with Crippen LogP contribution in [0, 0.1) is 11.2 Å². The van der Waals surface area contributed by atoms with Crippen molar-refractivity contribution in [1.29, 1.82) is 0 Å². The molecule has 0 saturated carbocycles. The lowest BCUT2D eigenvalue weighted by Gasteiger charge is -2.30. The van der Waals surface area contributed by atoms with Crippen molar-refractivity contribution in [2.24, 2.45) is 5.41 Å². The van der Waals surface area contributed by atoms with Crippen LogP contribution in [0.5, 0.6) is 5.75 Å². The Bertz CT molecular complexity index is 720. The van der Waals surface area contributed by atoms with Crippen LogP contribution in [-0.4, -0.2) is 12.9 Å². The quantitative estimate of drug-likeness (QED) is 0.334. The van der Waals surface area contributed by atoms with Crippen LogP contribution in [-0.2, 0) is 6.42 Å². The SMILES string of the molecule is CCCCC(C)(CCCC)CSc1ccc(F)cc1Cc1cccc(OC)c1. The Kier molecular flexibility index (Phi) is 9.37. The number of thioether (sulfide) groups is 1. The lowest BCUT2D eigenvalue weighted by atomic mass is 9.82. The molecule has 28 heavy (non-hydrogen) atoms. The Hall–Kier alpha value is -1.48. The molecular weight excluding hydrogens is 367 g/mol. The number of rotatable bonds is 12. The summed E-state index contributed by atoms with van der Waals surface area (Å²) in [5.41, 5.74) is 2.55. The number of methoxy groups -OCH3 is 1. The second-order valence-corrected chi connectivity index (χ2v) is 9.10. The van der Waals surface area contributed by atoms with Crippen molar-refractivity contribution in [3.05, 3.63) is 59.4 Å². The Morgan fingerprint density at radius 1 is 1.00 bits per heavy atom. The number of hydrogen-bond acceptors (Lipinski definition) is 2. The maximum Gasteiger partial charge on any atom is 0.123 e. The average molecular weight is 403 g/mol. The fraction of sp³-hybridized carbons (Fsp3) is 0.520. The normalized spacial score (nSPS) is 11.6. The lowest BCUT2D eigenvalue weighted by molar-refractivity contribution is 0.296. The fourth-order valence-corrected chi connectivity index (χ4v) is 4.83. The zero-order valence-corrected chi connectivity index (χ0v) is 18.7. The van der Waals surface area contributed by atoms with Crippen molar-refractivity contribution >= 4 is 11.8 Å². The molecule has 0 spiro atoms. The minimum Gasteiger partial charge on any atom is -0.497 e. The van der Waals surface area contributed by atoms with E-state index in [0.29, 0.717) is 5.41 Å². The van der Waals surface area contributed by atoms with Crippen LogP contribution in [0.25, 0.3) is 0 Å². The van der Waals surface area contributed by atoms with Crippen molar-refractivity contribution in [2.75, 3.05) is 12.9 Å². The molecule has 1 nitrogen and oxygen atoms in total. The van der Waals surface area contributed by atoms with E-state index < -0.39 is 0 Å². The first-order chi connectivity index (χ1) is 13.5. The van der Waals surface area contributed by atoms with Gasteiger partial charge in [-0.3, -0.25) is 0 Å². The summed E-state index contributed by atoms with van der Waals surface area (Å²) >= 11 is 1.89. The number of benzene rings is 2. The van der Waals surface area contributed by atoms with Crippen LogP contribution in [0.4, 0.5) is 4.39 Å². The van der Waals surface area contributed by atoms with E-state index in [1.54, 1.807) is 19.2 Å². The molecule has 0 N–H and O–H groups in total. The molecular formula is C25H35FOS. The van der Waals surface area contributed by atoms with Crippen molar-refractivity contribution in [1.82, 2.24) is 0 Å². The second kappa shape index (κ2) is 11.5. The monoisotopic (exact) mass is 402 g/mol. The second-order valence-electron chi connectivity index (χ2n) is 8.09. The third-order valence-corrected chi connectivity index (χ3v) is 6.95. The first-order valence-corrected chi connectivity index (χ1v) is 11.5. The van der Waals surface area contributed by atoms with E-state index in [-0.39, 0.29) is 5.82 Å². The molecule has 0 aliphatic heterocycles. The first kappa shape index (κ1) is 22.8. The smallest absolute Gasteiger partial charge is 0.123 e. The number of unbranched alkanes of at least 4 members (excludes halogenated alkanes) is 2. The van der Waals surface area contributed by atoms with E-state index in [2.05, 4.69) is 26.8 Å². The van der Waals surface area contributed by atoms with Gasteiger partial charge in [0.1, 0.15) is 11.6 Å². The van der Waals surface area contributed by atoms with E-state index in [4.69, 9.17) is 4.74 Å². The van der Waals surface area contributed by atoms with Crippen molar-refractivity contribution in [2.45, 2.75) is 70.6 Å². The van der Waals surface area contributed by atoms with Crippen LogP contribution < -0.4 is 4.74 Å². The van der Waals surface area contributed by atoms with Crippen LogP contribution >= 0.6 is 11.8 Å². The highest BCUT2D eigenvalue weighted by molar-refractivity contribution is 7.99. The minimum atomic E-state index is -0.165. The first-order valence-electron chi connectivity index (χ1n) is 10.5. The molecule has 0 aliphatic carbocycles. The summed E-state index contributed by atoms with van der Waals surface area (Å²) in [6.07, 6.45) is 8.29. The molecule has 0 saturated heterocycles. The van der Waals surface area contributed by atoms with Gasteiger partial charge in [-0.15, -0.1) is 11.8 Å². The van der Waals surface area contributed by atoms with Crippen LogP contribution in [0.3, 0.4) is 0 Å². The summed E-state index contributed by atoms with van der Waals surface area (Å²) in [6.45, 7) is 6.95. The Morgan fingerprint density at radius 3 is 2.36 bits per heavy atom. The Balaban J connectivity index is 2.15. The molecule has 0 fully saturated rings. The molecule has 2 aromatic carbocycles. The molecule has 0 radical (unpaired) electrons. The summed E-state index contributed by atoms with van der Waals surface area (Å²) < 4.78 is 19.3.